The Kier molecular flexibility index (Phi) is 6.15. The van der Waals surface area contributed by atoms with Crippen LogP contribution in [0.2, 0.25) is 0 Å². The van der Waals surface area contributed by atoms with Crippen molar-refractivity contribution in [2.75, 3.05) is 22.6 Å². The normalized spacial score (nSPS) is 15.9. The minimum Gasteiger partial charge on any atom is -0.350 e. The van der Waals surface area contributed by atoms with Gasteiger partial charge in [0, 0.05) is 31.5 Å². The average Bonchev–Trinajstić information content (AvgIpc) is 3.20. The number of pyridine rings is 1. The molecular weight excluding hydrogens is 449 g/mol. The molecule has 3 aromatic heterocycles. The maximum Gasteiger partial charge on any atom is 0.433 e. The monoisotopic (exact) mass is 474 g/mol. The fourth-order valence-electron chi connectivity index (χ4n) is 3.97. The number of nitrogens with one attached hydrogen (secondary N) is 2. The van der Waals surface area contributed by atoms with Crippen LogP contribution in [0.15, 0.2) is 30.7 Å². The van der Waals surface area contributed by atoms with Crippen molar-refractivity contribution in [3.63, 3.8) is 0 Å². The van der Waals surface area contributed by atoms with Crippen molar-refractivity contribution in [2.45, 2.75) is 46.1 Å². The van der Waals surface area contributed by atoms with Gasteiger partial charge in [0.2, 0.25) is 11.9 Å². The molecule has 1 amide bonds. The molecular formula is C22H25F3N8O. The molecule has 0 aromatic carbocycles. The maximum atomic E-state index is 12.9. The van der Waals surface area contributed by atoms with Crippen LogP contribution < -0.4 is 15.5 Å². The van der Waals surface area contributed by atoms with E-state index in [0.29, 0.717) is 35.3 Å². The fraction of sp³-hybridized carbons (Fsp3) is 0.409. The number of hydrogen-bond donors (Lipinski definition) is 2. The Labute approximate surface area is 194 Å². The number of nitrogens with zero attached hydrogens (tertiary/aromatic N) is 6. The van der Waals surface area contributed by atoms with E-state index in [4.69, 9.17) is 0 Å². The highest BCUT2D eigenvalue weighted by molar-refractivity contribution is 6.03. The third-order valence-corrected chi connectivity index (χ3v) is 5.57. The number of amides is 1. The summed E-state index contributed by atoms with van der Waals surface area (Å²) in [6.07, 6.45) is 0.0236. The third kappa shape index (κ3) is 4.80. The number of likely N-dealkylation sites (N-methyl/N-ethyl adjacent to an activating group) is 1. The number of halogens is 3. The van der Waals surface area contributed by atoms with E-state index in [1.54, 1.807) is 24.0 Å². The number of alkyl halides is 3. The van der Waals surface area contributed by atoms with Crippen LogP contribution in [0, 0.1) is 12.8 Å². The van der Waals surface area contributed by atoms with Crippen LogP contribution in [-0.2, 0) is 24.1 Å². The summed E-state index contributed by atoms with van der Waals surface area (Å²) in [5.41, 5.74) is 1.57. The lowest BCUT2D eigenvalue weighted by Gasteiger charge is -2.36. The van der Waals surface area contributed by atoms with Gasteiger partial charge in [-0.3, -0.25) is 14.5 Å². The molecule has 2 N–H and O–H groups in total. The molecule has 4 heterocycles. The second-order valence-corrected chi connectivity index (χ2v) is 8.57. The molecule has 0 aliphatic carbocycles. The van der Waals surface area contributed by atoms with Gasteiger partial charge < -0.3 is 15.5 Å². The van der Waals surface area contributed by atoms with Crippen molar-refractivity contribution in [3.8, 4) is 0 Å². The van der Waals surface area contributed by atoms with Crippen LogP contribution in [-0.4, -0.2) is 43.7 Å². The van der Waals surface area contributed by atoms with Crippen molar-refractivity contribution >= 4 is 23.4 Å². The second-order valence-electron chi connectivity index (χ2n) is 8.57. The Morgan fingerprint density at radius 1 is 1.24 bits per heavy atom. The van der Waals surface area contributed by atoms with Crippen molar-refractivity contribution in [2.24, 2.45) is 5.92 Å². The lowest BCUT2D eigenvalue weighted by Crippen LogP contribution is -2.49. The van der Waals surface area contributed by atoms with E-state index in [1.807, 2.05) is 25.8 Å². The van der Waals surface area contributed by atoms with Crippen LogP contribution in [0.25, 0.3) is 0 Å². The van der Waals surface area contributed by atoms with Gasteiger partial charge in [-0.1, -0.05) is 13.8 Å². The van der Waals surface area contributed by atoms with Gasteiger partial charge in [0.15, 0.2) is 5.82 Å². The zero-order chi connectivity index (χ0) is 24.6. The largest absolute Gasteiger partial charge is 0.433 e. The summed E-state index contributed by atoms with van der Waals surface area (Å²) in [5.74, 6) is 1.06. The summed E-state index contributed by atoms with van der Waals surface area (Å²) < 4.78 is 40.2. The molecule has 1 aliphatic rings. The zero-order valence-corrected chi connectivity index (χ0v) is 19.2. The highest BCUT2D eigenvalue weighted by Crippen LogP contribution is 2.34. The number of hydrogen-bond acceptors (Lipinski definition) is 7. The number of anilines is 3. The molecule has 1 aliphatic heterocycles. The van der Waals surface area contributed by atoms with Gasteiger partial charge in [0.1, 0.15) is 17.4 Å². The Hall–Kier alpha value is -3.70. The first-order valence-corrected chi connectivity index (χ1v) is 10.7. The Morgan fingerprint density at radius 3 is 2.71 bits per heavy atom. The summed E-state index contributed by atoms with van der Waals surface area (Å²) in [6, 6.07) is 2.21. The van der Waals surface area contributed by atoms with Gasteiger partial charge in [0.05, 0.1) is 18.4 Å². The summed E-state index contributed by atoms with van der Waals surface area (Å²) >= 11 is 0. The molecule has 0 saturated heterocycles. The molecule has 12 heteroatoms. The first-order valence-electron chi connectivity index (χ1n) is 10.7. The molecule has 180 valence electrons. The van der Waals surface area contributed by atoms with Gasteiger partial charge in [-0.25, -0.2) is 4.98 Å². The maximum absolute atomic E-state index is 12.9. The highest BCUT2D eigenvalue weighted by Gasteiger charge is 2.35. The van der Waals surface area contributed by atoms with Gasteiger partial charge in [-0.05, 0) is 30.5 Å². The lowest BCUT2D eigenvalue weighted by atomic mass is 9.99. The van der Waals surface area contributed by atoms with E-state index in [2.05, 4.69) is 30.7 Å². The Bertz CT molecular complexity index is 1210. The molecule has 0 fully saturated rings. The summed E-state index contributed by atoms with van der Waals surface area (Å²) in [7, 11) is 1.84. The first-order chi connectivity index (χ1) is 16.0. The van der Waals surface area contributed by atoms with E-state index in [1.165, 1.54) is 6.07 Å². The summed E-state index contributed by atoms with van der Waals surface area (Å²) in [5, 5.41) is 10.3. The number of aromatic nitrogens is 5. The molecule has 34 heavy (non-hydrogen) atoms. The minimum atomic E-state index is -4.49. The molecule has 1 atom stereocenters. The predicted octanol–water partition coefficient (Wildman–Crippen LogP) is 3.47. The first kappa shape index (κ1) is 23.5. The van der Waals surface area contributed by atoms with Crippen LogP contribution >= 0.6 is 0 Å². The van der Waals surface area contributed by atoms with E-state index in [-0.39, 0.29) is 24.4 Å². The van der Waals surface area contributed by atoms with Crippen LogP contribution in [0.5, 0.6) is 0 Å². The Morgan fingerprint density at radius 2 is 2.00 bits per heavy atom. The number of rotatable bonds is 6. The zero-order valence-electron chi connectivity index (χ0n) is 19.2. The Balaban J connectivity index is 1.45. The molecule has 9 nitrogen and oxygen atoms in total. The quantitative estimate of drug-likeness (QED) is 0.564. The van der Waals surface area contributed by atoms with Gasteiger partial charge in [-0.2, -0.15) is 23.3 Å². The van der Waals surface area contributed by atoms with Crippen LogP contribution in [0.4, 0.5) is 30.6 Å². The van der Waals surface area contributed by atoms with Gasteiger partial charge in [0.25, 0.3) is 0 Å². The van der Waals surface area contributed by atoms with Crippen LogP contribution in [0.3, 0.4) is 0 Å². The smallest absolute Gasteiger partial charge is 0.350 e. The molecule has 0 spiro atoms. The van der Waals surface area contributed by atoms with Crippen molar-refractivity contribution < 1.29 is 18.0 Å². The topological polar surface area (TPSA) is 101 Å². The number of aryl methyl sites for hydroxylation is 1. The van der Waals surface area contributed by atoms with E-state index < -0.39 is 11.9 Å². The SMILES string of the molecule is Cc1nc(NCc2cnn(Cc3ccnc(C(F)(F)F)c3)c2)nc2c1NC(=O)[C@H](C(C)C)N2C. The highest BCUT2D eigenvalue weighted by atomic mass is 19.4. The summed E-state index contributed by atoms with van der Waals surface area (Å²) in [4.78, 5) is 26.7. The fourth-order valence-corrected chi connectivity index (χ4v) is 3.97. The third-order valence-electron chi connectivity index (χ3n) is 5.57. The number of fused-ring (bicyclic) bond motifs is 1. The summed E-state index contributed by atoms with van der Waals surface area (Å²) in [6.45, 7) is 6.31. The van der Waals surface area contributed by atoms with Crippen molar-refractivity contribution in [1.29, 1.82) is 0 Å². The van der Waals surface area contributed by atoms with Crippen molar-refractivity contribution in [3.05, 3.63) is 53.2 Å². The van der Waals surface area contributed by atoms with E-state index >= 15 is 0 Å². The standard InChI is InChI=1S/C22H25F3N8O/c1-12(2)18-20(34)30-17-13(3)29-21(31-19(17)32(18)4)27-8-15-9-28-33(11-15)10-14-5-6-26-16(7-14)22(23,24)25/h5-7,9,11-12,18H,8,10H2,1-4H3,(H,30,34)(H,27,29,31)/t18-/m0/s1. The van der Waals surface area contributed by atoms with Crippen LogP contribution in [0.1, 0.15) is 36.4 Å². The van der Waals surface area contributed by atoms with E-state index in [0.717, 1.165) is 17.8 Å². The average molecular weight is 474 g/mol. The second kappa shape index (κ2) is 8.92. The number of carbonyl (C=O) groups excluding carboxylic acids is 1. The lowest BCUT2D eigenvalue weighted by molar-refractivity contribution is -0.141. The molecule has 0 bridgehead atoms. The van der Waals surface area contributed by atoms with Gasteiger partial charge in [-0.15, -0.1) is 0 Å². The van der Waals surface area contributed by atoms with Gasteiger partial charge >= 0.3 is 6.18 Å². The van der Waals surface area contributed by atoms with E-state index in [9.17, 15) is 18.0 Å². The molecule has 3 aromatic rings. The predicted molar refractivity (Wildman–Crippen MR) is 120 cm³/mol. The molecule has 0 radical (unpaired) electrons. The minimum absolute atomic E-state index is 0.0821. The molecule has 4 rings (SSSR count). The molecule has 0 saturated carbocycles. The molecule has 0 unspecified atom stereocenters. The van der Waals surface area contributed by atoms with Crippen molar-refractivity contribution in [1.82, 2.24) is 24.7 Å². The number of carbonyl (C=O) groups is 1.